The summed E-state index contributed by atoms with van der Waals surface area (Å²) in [5, 5.41) is 3.52. The molecule has 98 valence electrons. The highest BCUT2D eigenvalue weighted by atomic mass is 79.9. The highest BCUT2D eigenvalue weighted by Crippen LogP contribution is 2.44. The zero-order valence-corrected chi connectivity index (χ0v) is 12.8. The monoisotopic (exact) mass is 309 g/mol. The van der Waals surface area contributed by atoms with Gasteiger partial charge in [0, 0.05) is 31.4 Å². The number of hydrogen-bond acceptors (Lipinski definition) is 3. The van der Waals surface area contributed by atoms with Crippen LogP contribution >= 0.6 is 15.9 Å². The lowest BCUT2D eigenvalue weighted by atomic mass is 9.85. The maximum absolute atomic E-state index is 4.60. The van der Waals surface area contributed by atoms with Crippen LogP contribution in [-0.2, 0) is 0 Å². The third kappa shape index (κ3) is 1.69. The van der Waals surface area contributed by atoms with Crippen LogP contribution < -0.4 is 10.2 Å². The predicted molar refractivity (Wildman–Crippen MR) is 77.9 cm³/mol. The second-order valence-corrected chi connectivity index (χ2v) is 6.85. The molecule has 2 aliphatic heterocycles. The fraction of sp³-hybridized carbons (Fsp3) is 0.643. The molecule has 0 saturated carbocycles. The number of nitrogens with one attached hydrogen (secondary N) is 1. The molecule has 1 aromatic heterocycles. The molecule has 0 amide bonds. The van der Waals surface area contributed by atoms with Crippen molar-refractivity contribution in [1.29, 1.82) is 0 Å². The van der Waals surface area contributed by atoms with Crippen LogP contribution in [0.25, 0.3) is 0 Å². The minimum absolute atomic E-state index is 0.178. The molecule has 0 spiro atoms. The number of nitrogens with zero attached hydrogens (tertiary/aromatic N) is 2. The zero-order valence-electron chi connectivity index (χ0n) is 11.2. The van der Waals surface area contributed by atoms with Crippen molar-refractivity contribution in [1.82, 2.24) is 10.3 Å². The molecule has 18 heavy (non-hydrogen) atoms. The first kappa shape index (κ1) is 12.4. The van der Waals surface area contributed by atoms with Crippen molar-refractivity contribution >= 4 is 21.7 Å². The molecule has 2 aliphatic rings. The van der Waals surface area contributed by atoms with Gasteiger partial charge in [-0.15, -0.1) is 0 Å². The maximum Gasteiger partial charge on any atom is 0.143 e. The van der Waals surface area contributed by atoms with Gasteiger partial charge in [-0.25, -0.2) is 4.98 Å². The van der Waals surface area contributed by atoms with Crippen LogP contribution in [0.4, 0.5) is 5.82 Å². The van der Waals surface area contributed by atoms with Gasteiger partial charge in [0.15, 0.2) is 0 Å². The second-order valence-electron chi connectivity index (χ2n) is 6.05. The van der Waals surface area contributed by atoms with Crippen LogP contribution in [0.5, 0.6) is 0 Å². The van der Waals surface area contributed by atoms with Crippen LogP contribution in [-0.4, -0.2) is 30.2 Å². The zero-order chi connectivity index (χ0) is 12.9. The first-order valence-electron chi connectivity index (χ1n) is 6.61. The minimum atomic E-state index is 0.178. The van der Waals surface area contributed by atoms with Gasteiger partial charge < -0.3 is 10.2 Å². The molecule has 2 saturated heterocycles. The topological polar surface area (TPSA) is 28.2 Å². The Labute approximate surface area is 117 Å². The highest BCUT2D eigenvalue weighted by molar-refractivity contribution is 9.10. The number of rotatable bonds is 1. The summed E-state index contributed by atoms with van der Waals surface area (Å²) in [6.45, 7) is 10.2. The summed E-state index contributed by atoms with van der Waals surface area (Å²) in [6.07, 6.45) is 1.91. The summed E-state index contributed by atoms with van der Waals surface area (Å²) >= 11 is 3.70. The van der Waals surface area contributed by atoms with Gasteiger partial charge in [-0.2, -0.15) is 0 Å². The molecular formula is C14H20BrN3. The highest BCUT2D eigenvalue weighted by Gasteiger charge is 2.50. The van der Waals surface area contributed by atoms with E-state index in [0.29, 0.717) is 0 Å². The average Bonchev–Trinajstić information content (AvgIpc) is 2.86. The molecule has 0 aliphatic carbocycles. The van der Waals surface area contributed by atoms with Gasteiger partial charge in [0.2, 0.25) is 0 Å². The van der Waals surface area contributed by atoms with Crippen LogP contribution in [0.3, 0.4) is 0 Å². The van der Waals surface area contributed by atoms with E-state index in [9.17, 15) is 0 Å². The molecule has 2 atom stereocenters. The van der Waals surface area contributed by atoms with E-state index >= 15 is 0 Å². The van der Waals surface area contributed by atoms with E-state index in [2.05, 4.69) is 58.0 Å². The molecule has 0 radical (unpaired) electrons. The summed E-state index contributed by atoms with van der Waals surface area (Å²) in [4.78, 5) is 7.09. The Morgan fingerprint density at radius 2 is 2.22 bits per heavy atom. The SMILES string of the molecule is Cc1ccnc(N2CC3CNCC3C2(C)C)c1Br. The normalized spacial score (nSPS) is 29.7. The Morgan fingerprint density at radius 3 is 2.94 bits per heavy atom. The third-order valence-electron chi connectivity index (χ3n) is 4.68. The van der Waals surface area contributed by atoms with Gasteiger partial charge in [0.1, 0.15) is 5.82 Å². The van der Waals surface area contributed by atoms with Gasteiger partial charge >= 0.3 is 0 Å². The van der Waals surface area contributed by atoms with Crippen molar-refractivity contribution < 1.29 is 0 Å². The Balaban J connectivity index is 2.00. The smallest absolute Gasteiger partial charge is 0.143 e. The van der Waals surface area contributed by atoms with E-state index in [1.807, 2.05) is 6.20 Å². The van der Waals surface area contributed by atoms with E-state index < -0.39 is 0 Å². The lowest BCUT2D eigenvalue weighted by molar-refractivity contribution is 0.356. The Bertz CT molecular complexity index is 472. The van der Waals surface area contributed by atoms with Gasteiger partial charge in [0.05, 0.1) is 4.47 Å². The standard InChI is InChI=1S/C14H20BrN3/c1-9-4-5-17-13(12(9)15)18-8-10-6-16-7-11(10)14(18,2)3/h4-5,10-11,16H,6-8H2,1-3H3. The molecule has 1 aromatic rings. The Kier molecular flexibility index (Phi) is 2.90. The molecule has 1 N–H and O–H groups in total. The van der Waals surface area contributed by atoms with E-state index in [4.69, 9.17) is 0 Å². The number of anilines is 1. The van der Waals surface area contributed by atoms with Crippen molar-refractivity contribution in [3.05, 3.63) is 22.3 Å². The Hall–Kier alpha value is -0.610. The van der Waals surface area contributed by atoms with Crippen LogP contribution in [0, 0.1) is 18.8 Å². The van der Waals surface area contributed by atoms with Gasteiger partial charge in [0.25, 0.3) is 0 Å². The molecule has 3 heterocycles. The van der Waals surface area contributed by atoms with Gasteiger partial charge in [-0.05, 0) is 60.2 Å². The lowest BCUT2D eigenvalue weighted by Gasteiger charge is -2.37. The third-order valence-corrected chi connectivity index (χ3v) is 5.66. The number of aryl methyl sites for hydroxylation is 1. The fourth-order valence-electron chi connectivity index (χ4n) is 3.49. The average molecular weight is 310 g/mol. The summed E-state index contributed by atoms with van der Waals surface area (Å²) in [6, 6.07) is 2.05. The van der Waals surface area contributed by atoms with E-state index in [-0.39, 0.29) is 5.54 Å². The van der Waals surface area contributed by atoms with E-state index in [0.717, 1.165) is 41.8 Å². The van der Waals surface area contributed by atoms with Crippen molar-refractivity contribution in [3.63, 3.8) is 0 Å². The molecule has 0 aromatic carbocycles. The van der Waals surface area contributed by atoms with Crippen molar-refractivity contribution in [3.8, 4) is 0 Å². The molecular weight excluding hydrogens is 290 g/mol. The van der Waals surface area contributed by atoms with Crippen molar-refractivity contribution in [2.45, 2.75) is 26.3 Å². The van der Waals surface area contributed by atoms with E-state index in [1.54, 1.807) is 0 Å². The van der Waals surface area contributed by atoms with Gasteiger partial charge in [-0.3, -0.25) is 0 Å². The number of aromatic nitrogens is 1. The summed E-state index contributed by atoms with van der Waals surface area (Å²) < 4.78 is 1.14. The number of fused-ring (bicyclic) bond motifs is 1. The molecule has 4 heteroatoms. The summed E-state index contributed by atoms with van der Waals surface area (Å²) in [7, 11) is 0. The second kappa shape index (κ2) is 4.20. The molecule has 3 rings (SSSR count). The lowest BCUT2D eigenvalue weighted by Crippen LogP contribution is -2.45. The van der Waals surface area contributed by atoms with Crippen molar-refractivity contribution in [2.24, 2.45) is 11.8 Å². The summed E-state index contributed by atoms with van der Waals surface area (Å²) in [5.41, 5.74) is 1.43. The maximum atomic E-state index is 4.60. The molecule has 0 bridgehead atoms. The number of hydrogen-bond donors (Lipinski definition) is 1. The number of pyridine rings is 1. The predicted octanol–water partition coefficient (Wildman–Crippen LogP) is 2.59. The molecule has 2 fully saturated rings. The molecule has 2 unspecified atom stereocenters. The van der Waals surface area contributed by atoms with Gasteiger partial charge in [-0.1, -0.05) is 0 Å². The first-order chi connectivity index (χ1) is 8.51. The summed E-state index contributed by atoms with van der Waals surface area (Å²) in [5.74, 6) is 2.59. The molecule has 3 nitrogen and oxygen atoms in total. The first-order valence-corrected chi connectivity index (χ1v) is 7.40. The van der Waals surface area contributed by atoms with Crippen LogP contribution in [0.2, 0.25) is 0 Å². The number of halogens is 1. The Morgan fingerprint density at radius 1 is 1.44 bits per heavy atom. The van der Waals surface area contributed by atoms with Crippen molar-refractivity contribution in [2.75, 3.05) is 24.5 Å². The largest absolute Gasteiger partial charge is 0.350 e. The van der Waals surface area contributed by atoms with Crippen LogP contribution in [0.15, 0.2) is 16.7 Å². The minimum Gasteiger partial charge on any atom is -0.350 e. The van der Waals surface area contributed by atoms with E-state index in [1.165, 1.54) is 5.56 Å². The fourth-order valence-corrected chi connectivity index (χ4v) is 3.94. The van der Waals surface area contributed by atoms with Crippen LogP contribution in [0.1, 0.15) is 19.4 Å². The quantitative estimate of drug-likeness (QED) is 0.864.